The molecule has 1 aliphatic rings. The van der Waals surface area contributed by atoms with E-state index in [2.05, 4.69) is 73.7 Å². The smallest absolute Gasteiger partial charge is 0.191 e. The van der Waals surface area contributed by atoms with Gasteiger partial charge < -0.3 is 10.6 Å². The van der Waals surface area contributed by atoms with E-state index in [1.807, 2.05) is 0 Å². The predicted molar refractivity (Wildman–Crippen MR) is 109 cm³/mol. The van der Waals surface area contributed by atoms with Gasteiger partial charge in [-0.05, 0) is 38.8 Å². The highest BCUT2D eigenvalue weighted by Crippen LogP contribution is 2.28. The molecule has 0 bridgehead atoms. The SMILES string of the molecule is CCNC(=NCC(C)N(C)Cc1ccccc1)NC1CC1C.I. The molecule has 130 valence electrons. The quantitative estimate of drug-likeness (QED) is 0.397. The Morgan fingerprint density at radius 3 is 2.57 bits per heavy atom. The summed E-state index contributed by atoms with van der Waals surface area (Å²) in [6.45, 7) is 9.29. The van der Waals surface area contributed by atoms with Gasteiger partial charge in [-0.3, -0.25) is 9.89 Å². The van der Waals surface area contributed by atoms with Gasteiger partial charge in [-0.25, -0.2) is 0 Å². The van der Waals surface area contributed by atoms with E-state index < -0.39 is 0 Å². The van der Waals surface area contributed by atoms with E-state index in [9.17, 15) is 0 Å². The molecule has 1 saturated carbocycles. The fraction of sp³-hybridized carbons (Fsp3) is 0.611. The molecule has 5 heteroatoms. The van der Waals surface area contributed by atoms with Crippen LogP contribution in [-0.2, 0) is 6.54 Å². The minimum Gasteiger partial charge on any atom is -0.357 e. The number of hydrogen-bond donors (Lipinski definition) is 2. The Balaban J connectivity index is 0.00000264. The number of halogens is 1. The number of likely N-dealkylation sites (N-methyl/N-ethyl adjacent to an activating group) is 1. The molecule has 2 rings (SSSR count). The van der Waals surface area contributed by atoms with E-state index in [1.165, 1.54) is 12.0 Å². The third-order valence-corrected chi connectivity index (χ3v) is 4.32. The largest absolute Gasteiger partial charge is 0.357 e. The van der Waals surface area contributed by atoms with E-state index >= 15 is 0 Å². The van der Waals surface area contributed by atoms with Crippen molar-refractivity contribution in [3.63, 3.8) is 0 Å². The summed E-state index contributed by atoms with van der Waals surface area (Å²) in [6, 6.07) is 11.6. The van der Waals surface area contributed by atoms with Crippen molar-refractivity contribution in [3.8, 4) is 0 Å². The second-order valence-corrected chi connectivity index (χ2v) is 6.43. The second-order valence-electron chi connectivity index (χ2n) is 6.43. The van der Waals surface area contributed by atoms with Gasteiger partial charge in [0.15, 0.2) is 5.96 Å². The fourth-order valence-corrected chi connectivity index (χ4v) is 2.41. The summed E-state index contributed by atoms with van der Waals surface area (Å²) < 4.78 is 0. The minimum absolute atomic E-state index is 0. The molecule has 1 aromatic carbocycles. The first kappa shape index (κ1) is 20.2. The lowest BCUT2D eigenvalue weighted by atomic mass is 10.2. The summed E-state index contributed by atoms with van der Waals surface area (Å²) >= 11 is 0. The third-order valence-electron chi connectivity index (χ3n) is 4.32. The molecule has 0 amide bonds. The van der Waals surface area contributed by atoms with Crippen LogP contribution in [0, 0.1) is 5.92 Å². The van der Waals surface area contributed by atoms with E-state index in [0.717, 1.165) is 31.5 Å². The molecule has 0 aliphatic heterocycles. The van der Waals surface area contributed by atoms with E-state index in [-0.39, 0.29) is 24.0 Å². The summed E-state index contributed by atoms with van der Waals surface area (Å²) in [7, 11) is 2.16. The topological polar surface area (TPSA) is 39.7 Å². The van der Waals surface area contributed by atoms with Gasteiger partial charge in [-0.1, -0.05) is 37.3 Å². The van der Waals surface area contributed by atoms with Crippen LogP contribution in [-0.4, -0.2) is 43.1 Å². The Morgan fingerprint density at radius 1 is 1.35 bits per heavy atom. The maximum atomic E-state index is 4.74. The highest BCUT2D eigenvalue weighted by molar-refractivity contribution is 14.0. The fourth-order valence-electron chi connectivity index (χ4n) is 2.41. The molecular weight excluding hydrogens is 399 g/mol. The zero-order valence-corrected chi connectivity index (χ0v) is 17.1. The molecule has 1 aliphatic carbocycles. The van der Waals surface area contributed by atoms with Crippen molar-refractivity contribution < 1.29 is 0 Å². The molecule has 0 aromatic heterocycles. The molecule has 0 heterocycles. The van der Waals surface area contributed by atoms with E-state index in [1.54, 1.807) is 0 Å². The van der Waals surface area contributed by atoms with Crippen molar-refractivity contribution in [2.45, 2.75) is 45.8 Å². The van der Waals surface area contributed by atoms with Gasteiger partial charge in [-0.2, -0.15) is 0 Å². The Bertz CT molecular complexity index is 477. The number of nitrogens with one attached hydrogen (secondary N) is 2. The first-order valence-electron chi connectivity index (χ1n) is 8.39. The number of rotatable bonds is 7. The first-order chi connectivity index (χ1) is 10.6. The van der Waals surface area contributed by atoms with Crippen molar-refractivity contribution in [2.75, 3.05) is 20.1 Å². The normalized spacial score (nSPS) is 21.5. The summed E-state index contributed by atoms with van der Waals surface area (Å²) in [6.07, 6.45) is 1.26. The van der Waals surface area contributed by atoms with Gasteiger partial charge in [0.05, 0.1) is 6.54 Å². The monoisotopic (exact) mass is 430 g/mol. The summed E-state index contributed by atoms with van der Waals surface area (Å²) in [5, 5.41) is 6.84. The van der Waals surface area contributed by atoms with Gasteiger partial charge in [0.25, 0.3) is 0 Å². The van der Waals surface area contributed by atoms with Gasteiger partial charge in [0.1, 0.15) is 0 Å². The van der Waals surface area contributed by atoms with Crippen LogP contribution < -0.4 is 10.6 Å². The molecule has 0 radical (unpaired) electrons. The number of aliphatic imine (C=N–C) groups is 1. The lowest BCUT2D eigenvalue weighted by molar-refractivity contribution is 0.255. The molecule has 1 aromatic rings. The molecule has 3 unspecified atom stereocenters. The minimum atomic E-state index is 0. The summed E-state index contributed by atoms with van der Waals surface area (Å²) in [4.78, 5) is 7.09. The van der Waals surface area contributed by atoms with E-state index in [0.29, 0.717) is 12.1 Å². The molecule has 4 nitrogen and oxygen atoms in total. The van der Waals surface area contributed by atoms with Gasteiger partial charge in [0.2, 0.25) is 0 Å². The van der Waals surface area contributed by atoms with Crippen molar-refractivity contribution in [2.24, 2.45) is 10.9 Å². The average Bonchev–Trinajstić information content (AvgIpc) is 3.20. The molecule has 1 fully saturated rings. The second kappa shape index (κ2) is 10.1. The van der Waals surface area contributed by atoms with Crippen LogP contribution in [0.1, 0.15) is 32.8 Å². The molecule has 2 N–H and O–H groups in total. The molecule has 0 spiro atoms. The van der Waals surface area contributed by atoms with Gasteiger partial charge in [-0.15, -0.1) is 24.0 Å². The first-order valence-corrected chi connectivity index (χ1v) is 8.39. The molecule has 3 atom stereocenters. The zero-order chi connectivity index (χ0) is 15.9. The van der Waals surface area contributed by atoms with Gasteiger partial charge in [0, 0.05) is 25.2 Å². The highest BCUT2D eigenvalue weighted by Gasteiger charge is 2.33. The van der Waals surface area contributed by atoms with Crippen LogP contribution >= 0.6 is 24.0 Å². The maximum absolute atomic E-state index is 4.74. The lowest BCUT2D eigenvalue weighted by Gasteiger charge is -2.24. The van der Waals surface area contributed by atoms with Gasteiger partial charge >= 0.3 is 0 Å². The summed E-state index contributed by atoms with van der Waals surface area (Å²) in [5.74, 6) is 1.74. The lowest BCUT2D eigenvalue weighted by Crippen LogP contribution is -2.40. The molecule has 0 saturated heterocycles. The number of nitrogens with zero attached hydrogens (tertiary/aromatic N) is 2. The number of guanidine groups is 1. The van der Waals surface area contributed by atoms with Crippen molar-refractivity contribution in [1.82, 2.24) is 15.5 Å². The van der Waals surface area contributed by atoms with Crippen LogP contribution in [0.15, 0.2) is 35.3 Å². The van der Waals surface area contributed by atoms with E-state index in [4.69, 9.17) is 4.99 Å². The molecular formula is C18H31IN4. The Morgan fingerprint density at radius 2 is 2.00 bits per heavy atom. The van der Waals surface area contributed by atoms with Crippen molar-refractivity contribution in [3.05, 3.63) is 35.9 Å². The highest BCUT2D eigenvalue weighted by atomic mass is 127. The summed E-state index contributed by atoms with van der Waals surface area (Å²) in [5.41, 5.74) is 1.35. The number of benzene rings is 1. The van der Waals surface area contributed by atoms with Crippen LogP contribution in [0.4, 0.5) is 0 Å². The Hall–Kier alpha value is -0.820. The Labute approximate surface area is 158 Å². The predicted octanol–water partition coefficient (Wildman–Crippen LogP) is 3.09. The third kappa shape index (κ3) is 7.08. The van der Waals surface area contributed by atoms with Crippen LogP contribution in [0.2, 0.25) is 0 Å². The van der Waals surface area contributed by atoms with Crippen molar-refractivity contribution in [1.29, 1.82) is 0 Å². The van der Waals surface area contributed by atoms with Crippen LogP contribution in [0.3, 0.4) is 0 Å². The standard InChI is InChI=1S/C18H30N4.HI/c1-5-19-18(21-17-11-14(17)2)20-12-15(3)22(4)13-16-9-7-6-8-10-16;/h6-10,14-15,17H,5,11-13H2,1-4H3,(H2,19,20,21);1H. The maximum Gasteiger partial charge on any atom is 0.191 e. The Kier molecular flexibility index (Phi) is 8.91. The average molecular weight is 430 g/mol. The van der Waals surface area contributed by atoms with Crippen LogP contribution in [0.25, 0.3) is 0 Å². The molecule has 23 heavy (non-hydrogen) atoms. The number of hydrogen-bond acceptors (Lipinski definition) is 2. The van der Waals surface area contributed by atoms with Crippen molar-refractivity contribution >= 4 is 29.9 Å². The van der Waals surface area contributed by atoms with Crippen LogP contribution in [0.5, 0.6) is 0 Å². The zero-order valence-electron chi connectivity index (χ0n) is 14.7.